The van der Waals surface area contributed by atoms with Crippen LogP contribution in [0.5, 0.6) is 0 Å². The van der Waals surface area contributed by atoms with Gasteiger partial charge in [0.15, 0.2) is 0 Å². The van der Waals surface area contributed by atoms with Crippen LogP contribution in [0.2, 0.25) is 0 Å². The van der Waals surface area contributed by atoms with Gasteiger partial charge in [-0.25, -0.2) is 14.0 Å². The van der Waals surface area contributed by atoms with Crippen molar-refractivity contribution >= 4 is 17.8 Å². The monoisotopic (exact) mass is 316 g/mol. The highest BCUT2D eigenvalue weighted by Gasteiger charge is 2.16. The fraction of sp³-hybridized carbons (Fsp3) is 0.643. The van der Waals surface area contributed by atoms with Crippen molar-refractivity contribution in [2.75, 3.05) is 33.2 Å². The molecular weight excluding hydrogens is 295 g/mol. The fourth-order valence-corrected chi connectivity index (χ4v) is 1.51. The highest BCUT2D eigenvalue weighted by atomic mass is 19.1. The summed E-state index contributed by atoms with van der Waals surface area (Å²) in [7, 11) is 1.73. The molecule has 0 aromatic rings. The van der Waals surface area contributed by atoms with Crippen molar-refractivity contribution in [2.24, 2.45) is 0 Å². The van der Waals surface area contributed by atoms with Gasteiger partial charge in [0.2, 0.25) is 5.91 Å². The number of amides is 1. The van der Waals surface area contributed by atoms with E-state index in [1.54, 1.807) is 11.9 Å². The van der Waals surface area contributed by atoms with Crippen LogP contribution in [0.1, 0.15) is 19.8 Å². The number of halogens is 1. The van der Waals surface area contributed by atoms with Gasteiger partial charge in [-0.2, -0.15) is 0 Å². The Balaban J connectivity index is 0.000000626. The highest BCUT2D eigenvalue weighted by Crippen LogP contribution is 2.12. The lowest BCUT2D eigenvalue weighted by atomic mass is 10.1. The maximum absolute atomic E-state index is 12.8. The number of hydrogen-bond donors (Lipinski definition) is 2. The Labute approximate surface area is 128 Å². The zero-order valence-electron chi connectivity index (χ0n) is 12.7. The number of hydrogen-bond acceptors (Lipinski definition) is 4. The molecule has 1 saturated heterocycles. The van der Waals surface area contributed by atoms with Crippen molar-refractivity contribution in [3.63, 3.8) is 0 Å². The lowest BCUT2D eigenvalue weighted by molar-refractivity contribution is -0.159. The predicted molar refractivity (Wildman–Crippen MR) is 76.9 cm³/mol. The van der Waals surface area contributed by atoms with Gasteiger partial charge in [0.05, 0.1) is 13.1 Å². The second kappa shape index (κ2) is 10.6. The van der Waals surface area contributed by atoms with Crippen LogP contribution in [0.4, 0.5) is 4.39 Å². The van der Waals surface area contributed by atoms with Crippen molar-refractivity contribution in [2.45, 2.75) is 25.9 Å². The number of carbonyl (C=O) groups is 3. The quantitative estimate of drug-likeness (QED) is 0.552. The Morgan fingerprint density at radius 1 is 1.18 bits per heavy atom. The number of likely N-dealkylation sites (tertiary alicyclic amines) is 1. The number of carboxylic acids is 2. The van der Waals surface area contributed by atoms with Crippen LogP contribution in [0.3, 0.4) is 0 Å². The zero-order chi connectivity index (χ0) is 17.1. The SMILES string of the molecule is CC(=O)N(C)CC#CCN1CCC(F)CC1.O=C(O)C(=O)O. The molecule has 1 aliphatic rings. The molecule has 0 aromatic heterocycles. The molecular formula is C14H21FN2O5. The molecule has 0 saturated carbocycles. The molecule has 0 atom stereocenters. The zero-order valence-corrected chi connectivity index (χ0v) is 12.7. The first-order valence-electron chi connectivity index (χ1n) is 6.74. The summed E-state index contributed by atoms with van der Waals surface area (Å²) in [6, 6.07) is 0. The van der Waals surface area contributed by atoms with Gasteiger partial charge in [-0.15, -0.1) is 0 Å². The van der Waals surface area contributed by atoms with E-state index in [4.69, 9.17) is 19.8 Å². The van der Waals surface area contributed by atoms with Crippen molar-refractivity contribution in [3.8, 4) is 11.8 Å². The largest absolute Gasteiger partial charge is 0.473 e. The van der Waals surface area contributed by atoms with Gasteiger partial charge in [-0.05, 0) is 12.8 Å². The maximum atomic E-state index is 12.8. The van der Waals surface area contributed by atoms with Gasteiger partial charge in [0, 0.05) is 27.1 Å². The Kier molecular flexibility index (Phi) is 9.54. The standard InChI is InChI=1S/C12H19FN2O.C2H2O4/c1-11(16)14(2)7-3-4-8-15-9-5-12(13)6-10-15;3-1(4)2(5)6/h12H,5-10H2,1-2H3;(H,3,4)(H,5,6). The molecule has 0 radical (unpaired) electrons. The minimum absolute atomic E-state index is 0.0209. The molecule has 1 heterocycles. The topological polar surface area (TPSA) is 98.2 Å². The van der Waals surface area contributed by atoms with E-state index in [2.05, 4.69) is 16.7 Å². The summed E-state index contributed by atoms with van der Waals surface area (Å²) < 4.78 is 12.8. The summed E-state index contributed by atoms with van der Waals surface area (Å²) in [5.41, 5.74) is 0. The van der Waals surface area contributed by atoms with E-state index in [0.717, 1.165) is 13.1 Å². The van der Waals surface area contributed by atoms with Crippen molar-refractivity contribution in [3.05, 3.63) is 0 Å². The number of carboxylic acid groups (broad SMARTS) is 2. The number of carbonyl (C=O) groups excluding carboxylic acids is 1. The van der Waals surface area contributed by atoms with Crippen LogP contribution < -0.4 is 0 Å². The fourth-order valence-electron chi connectivity index (χ4n) is 1.51. The van der Waals surface area contributed by atoms with E-state index in [1.165, 1.54) is 6.92 Å². The maximum Gasteiger partial charge on any atom is 0.414 e. The Morgan fingerprint density at radius 2 is 1.68 bits per heavy atom. The predicted octanol–water partition coefficient (Wildman–Crippen LogP) is 0.0576. The Hall–Kier alpha value is -2.14. The Morgan fingerprint density at radius 3 is 2.09 bits per heavy atom. The second-order valence-corrected chi connectivity index (χ2v) is 4.79. The van der Waals surface area contributed by atoms with Crippen LogP contribution in [-0.2, 0) is 14.4 Å². The van der Waals surface area contributed by atoms with E-state index in [1.807, 2.05) is 0 Å². The lowest BCUT2D eigenvalue weighted by Crippen LogP contribution is -2.34. The molecule has 0 aromatic carbocycles. The van der Waals surface area contributed by atoms with Crippen LogP contribution in [0, 0.1) is 11.8 Å². The van der Waals surface area contributed by atoms with E-state index < -0.39 is 18.1 Å². The lowest BCUT2D eigenvalue weighted by Gasteiger charge is -2.26. The molecule has 8 heteroatoms. The molecule has 2 N–H and O–H groups in total. The third-order valence-corrected chi connectivity index (χ3v) is 2.98. The average Bonchev–Trinajstić information content (AvgIpc) is 2.45. The average molecular weight is 316 g/mol. The number of alkyl halides is 1. The first-order valence-corrected chi connectivity index (χ1v) is 6.74. The summed E-state index contributed by atoms with van der Waals surface area (Å²) in [5, 5.41) is 14.8. The molecule has 1 fully saturated rings. The molecule has 0 aliphatic carbocycles. The van der Waals surface area contributed by atoms with Crippen LogP contribution in [0.15, 0.2) is 0 Å². The molecule has 0 unspecified atom stereocenters. The molecule has 1 aliphatic heterocycles. The van der Waals surface area contributed by atoms with Gasteiger partial charge in [-0.1, -0.05) is 11.8 Å². The van der Waals surface area contributed by atoms with E-state index >= 15 is 0 Å². The molecule has 0 bridgehead atoms. The molecule has 0 spiro atoms. The third-order valence-electron chi connectivity index (χ3n) is 2.98. The summed E-state index contributed by atoms with van der Waals surface area (Å²) >= 11 is 0. The smallest absolute Gasteiger partial charge is 0.414 e. The number of aliphatic carboxylic acids is 2. The van der Waals surface area contributed by atoms with Crippen molar-refractivity contribution in [1.82, 2.24) is 9.80 Å². The molecule has 7 nitrogen and oxygen atoms in total. The highest BCUT2D eigenvalue weighted by molar-refractivity contribution is 6.27. The molecule has 124 valence electrons. The van der Waals surface area contributed by atoms with Gasteiger partial charge < -0.3 is 15.1 Å². The minimum atomic E-state index is -1.82. The van der Waals surface area contributed by atoms with Gasteiger partial charge >= 0.3 is 11.9 Å². The van der Waals surface area contributed by atoms with Crippen molar-refractivity contribution < 1.29 is 29.0 Å². The number of piperidine rings is 1. The summed E-state index contributed by atoms with van der Waals surface area (Å²) in [5.74, 6) is 2.33. The molecule has 1 amide bonds. The number of rotatable bonds is 2. The van der Waals surface area contributed by atoms with Gasteiger partial charge in [0.1, 0.15) is 6.17 Å². The summed E-state index contributed by atoms with van der Waals surface area (Å²) in [6.07, 6.45) is 0.609. The molecule has 1 rings (SSSR count). The summed E-state index contributed by atoms with van der Waals surface area (Å²) in [6.45, 7) is 4.25. The van der Waals surface area contributed by atoms with Crippen LogP contribution in [-0.4, -0.2) is 77.3 Å². The Bertz CT molecular complexity index is 438. The minimum Gasteiger partial charge on any atom is -0.473 e. The van der Waals surface area contributed by atoms with Gasteiger partial charge in [0.25, 0.3) is 0 Å². The van der Waals surface area contributed by atoms with Gasteiger partial charge in [-0.3, -0.25) is 9.69 Å². The first kappa shape index (κ1) is 19.9. The summed E-state index contributed by atoms with van der Waals surface area (Å²) in [4.78, 5) is 32.8. The van der Waals surface area contributed by atoms with Crippen LogP contribution in [0.25, 0.3) is 0 Å². The van der Waals surface area contributed by atoms with Crippen LogP contribution >= 0.6 is 0 Å². The first-order chi connectivity index (χ1) is 10.2. The second-order valence-electron chi connectivity index (χ2n) is 4.79. The van der Waals surface area contributed by atoms with E-state index in [-0.39, 0.29) is 5.91 Å². The third kappa shape index (κ3) is 9.72. The molecule has 22 heavy (non-hydrogen) atoms. The number of nitrogens with zero attached hydrogens (tertiary/aromatic N) is 2. The van der Waals surface area contributed by atoms with E-state index in [0.29, 0.717) is 25.9 Å². The normalized spacial score (nSPS) is 14.9. The van der Waals surface area contributed by atoms with E-state index in [9.17, 15) is 9.18 Å². The van der Waals surface area contributed by atoms with Crippen molar-refractivity contribution in [1.29, 1.82) is 0 Å².